The van der Waals surface area contributed by atoms with Crippen LogP contribution < -0.4 is 5.32 Å². The summed E-state index contributed by atoms with van der Waals surface area (Å²) in [6, 6.07) is 10.2. The topological polar surface area (TPSA) is 68.5 Å². The van der Waals surface area contributed by atoms with Gasteiger partial charge in [-0.2, -0.15) is 5.10 Å². The number of para-hydroxylation sites is 1. The second-order valence-corrected chi connectivity index (χ2v) is 4.72. The molecule has 0 spiro atoms. The summed E-state index contributed by atoms with van der Waals surface area (Å²) in [6.45, 7) is 4.23. The number of hydrogen-bond donors (Lipinski definition) is 1. The van der Waals surface area contributed by atoms with Crippen LogP contribution in [0, 0.1) is 0 Å². The van der Waals surface area contributed by atoms with E-state index >= 15 is 0 Å². The molecule has 1 unspecified atom stereocenters. The summed E-state index contributed by atoms with van der Waals surface area (Å²) in [7, 11) is 0. The van der Waals surface area contributed by atoms with E-state index in [0.29, 0.717) is 11.7 Å². The number of nitrogens with zero attached hydrogens (tertiary/aromatic N) is 5. The average Bonchev–Trinajstić information content (AvgIpc) is 2.93. The molecule has 1 aromatic carbocycles. The second-order valence-electron chi connectivity index (χ2n) is 4.72. The molecular weight excluding hydrogens is 252 g/mol. The molecule has 2 aromatic heterocycles. The van der Waals surface area contributed by atoms with E-state index in [1.807, 2.05) is 30.3 Å². The molecule has 0 fully saturated rings. The summed E-state index contributed by atoms with van der Waals surface area (Å²) in [5.41, 5.74) is 1.66. The number of aromatic nitrogens is 5. The monoisotopic (exact) mass is 268 g/mol. The highest BCUT2D eigenvalue weighted by atomic mass is 15.4. The molecular formula is C14H16N6. The maximum absolute atomic E-state index is 4.39. The zero-order valence-electron chi connectivity index (χ0n) is 11.5. The number of fused-ring (bicyclic) bond motifs is 1. The highest BCUT2D eigenvalue weighted by molar-refractivity contribution is 5.86. The van der Waals surface area contributed by atoms with Gasteiger partial charge in [0, 0.05) is 6.04 Å². The molecule has 1 N–H and O–H groups in total. The van der Waals surface area contributed by atoms with Crippen molar-refractivity contribution in [2.45, 2.75) is 26.3 Å². The van der Waals surface area contributed by atoms with Crippen molar-refractivity contribution in [3.63, 3.8) is 0 Å². The molecule has 3 aromatic rings. The summed E-state index contributed by atoms with van der Waals surface area (Å²) >= 11 is 0. The van der Waals surface area contributed by atoms with Crippen LogP contribution in [0.1, 0.15) is 20.3 Å². The summed E-state index contributed by atoms with van der Waals surface area (Å²) < 4.78 is 1.77. The van der Waals surface area contributed by atoms with Crippen molar-refractivity contribution in [2.24, 2.45) is 0 Å². The van der Waals surface area contributed by atoms with Gasteiger partial charge < -0.3 is 5.32 Å². The van der Waals surface area contributed by atoms with Crippen LogP contribution in [0.3, 0.4) is 0 Å². The van der Waals surface area contributed by atoms with Gasteiger partial charge in [-0.05, 0) is 30.7 Å². The number of anilines is 1. The fourth-order valence-corrected chi connectivity index (χ4v) is 1.97. The zero-order chi connectivity index (χ0) is 13.9. The maximum Gasteiger partial charge on any atom is 0.190 e. The Labute approximate surface area is 116 Å². The van der Waals surface area contributed by atoms with Crippen LogP contribution in [0.4, 0.5) is 5.82 Å². The standard InChI is InChI=1S/C14H16N6/c1-3-10(2)16-13-12-9-15-20(14(12)18-19-17-13)11-7-5-4-6-8-11/h4-10H,3H2,1-2H3,(H,16,17,18). The number of nitrogens with one attached hydrogen (secondary N) is 1. The lowest BCUT2D eigenvalue weighted by Gasteiger charge is -2.11. The summed E-state index contributed by atoms with van der Waals surface area (Å²) in [6.07, 6.45) is 2.78. The van der Waals surface area contributed by atoms with E-state index in [1.165, 1.54) is 0 Å². The SMILES string of the molecule is CCC(C)Nc1nnnc2c1cnn2-c1ccccc1. The molecule has 102 valence electrons. The van der Waals surface area contributed by atoms with Gasteiger partial charge in [-0.15, -0.1) is 10.2 Å². The van der Waals surface area contributed by atoms with Crippen molar-refractivity contribution in [2.75, 3.05) is 5.32 Å². The van der Waals surface area contributed by atoms with Gasteiger partial charge in [0.25, 0.3) is 0 Å². The molecule has 0 aliphatic rings. The minimum absolute atomic E-state index is 0.329. The number of hydrogen-bond acceptors (Lipinski definition) is 5. The molecule has 0 aliphatic carbocycles. The Morgan fingerprint density at radius 1 is 1.20 bits per heavy atom. The van der Waals surface area contributed by atoms with Crippen LogP contribution in [-0.2, 0) is 0 Å². The Bertz CT molecular complexity index is 706. The predicted molar refractivity (Wildman–Crippen MR) is 77.8 cm³/mol. The highest BCUT2D eigenvalue weighted by Crippen LogP contribution is 2.21. The minimum atomic E-state index is 0.329. The molecule has 0 aliphatic heterocycles. The van der Waals surface area contributed by atoms with E-state index in [9.17, 15) is 0 Å². The Morgan fingerprint density at radius 3 is 2.75 bits per heavy atom. The molecule has 0 saturated heterocycles. The third-order valence-corrected chi connectivity index (χ3v) is 3.28. The Balaban J connectivity index is 2.08. The molecule has 6 heteroatoms. The van der Waals surface area contributed by atoms with Gasteiger partial charge in [-0.25, -0.2) is 4.68 Å². The molecule has 0 amide bonds. The first-order valence-corrected chi connectivity index (χ1v) is 6.68. The molecule has 0 saturated carbocycles. The molecule has 1 atom stereocenters. The van der Waals surface area contributed by atoms with Gasteiger partial charge in [0.2, 0.25) is 0 Å². The fourth-order valence-electron chi connectivity index (χ4n) is 1.97. The normalized spacial score (nSPS) is 12.5. The van der Waals surface area contributed by atoms with Crippen molar-refractivity contribution in [3.05, 3.63) is 36.5 Å². The third kappa shape index (κ3) is 2.20. The van der Waals surface area contributed by atoms with Gasteiger partial charge in [0.15, 0.2) is 11.5 Å². The van der Waals surface area contributed by atoms with Crippen LogP contribution in [0.15, 0.2) is 36.5 Å². The minimum Gasteiger partial charge on any atom is -0.365 e. The van der Waals surface area contributed by atoms with Crippen LogP contribution >= 0.6 is 0 Å². The smallest absolute Gasteiger partial charge is 0.190 e. The van der Waals surface area contributed by atoms with Crippen molar-refractivity contribution in [1.82, 2.24) is 25.2 Å². The molecule has 20 heavy (non-hydrogen) atoms. The largest absolute Gasteiger partial charge is 0.365 e. The maximum atomic E-state index is 4.39. The van der Waals surface area contributed by atoms with Crippen molar-refractivity contribution in [1.29, 1.82) is 0 Å². The molecule has 3 rings (SSSR count). The lowest BCUT2D eigenvalue weighted by Crippen LogP contribution is -2.15. The number of benzene rings is 1. The predicted octanol–water partition coefficient (Wildman–Crippen LogP) is 2.42. The summed E-state index contributed by atoms with van der Waals surface area (Å²) in [5, 5.41) is 20.6. The first-order valence-electron chi connectivity index (χ1n) is 6.68. The Morgan fingerprint density at radius 2 is 2.00 bits per heavy atom. The Hall–Kier alpha value is -2.50. The quantitative estimate of drug-likeness (QED) is 0.787. The average molecular weight is 268 g/mol. The zero-order valence-corrected chi connectivity index (χ0v) is 11.5. The van der Waals surface area contributed by atoms with E-state index in [0.717, 1.165) is 23.3 Å². The molecule has 0 radical (unpaired) electrons. The second kappa shape index (κ2) is 5.24. The van der Waals surface area contributed by atoms with Gasteiger partial charge in [-0.3, -0.25) is 0 Å². The fraction of sp³-hybridized carbons (Fsp3) is 0.286. The number of rotatable bonds is 4. The molecule has 6 nitrogen and oxygen atoms in total. The van der Waals surface area contributed by atoms with Crippen LogP contribution in [0.25, 0.3) is 16.7 Å². The Kier molecular flexibility index (Phi) is 3.28. The lowest BCUT2D eigenvalue weighted by atomic mass is 10.2. The summed E-state index contributed by atoms with van der Waals surface area (Å²) in [5.74, 6) is 0.728. The van der Waals surface area contributed by atoms with E-state index in [1.54, 1.807) is 10.9 Å². The van der Waals surface area contributed by atoms with Gasteiger partial charge in [0.1, 0.15) is 0 Å². The lowest BCUT2D eigenvalue weighted by molar-refractivity contribution is 0.750. The molecule has 0 bridgehead atoms. The summed E-state index contributed by atoms with van der Waals surface area (Å²) in [4.78, 5) is 0. The van der Waals surface area contributed by atoms with Crippen molar-refractivity contribution in [3.8, 4) is 5.69 Å². The van der Waals surface area contributed by atoms with Crippen LogP contribution in [-0.4, -0.2) is 31.2 Å². The van der Waals surface area contributed by atoms with Gasteiger partial charge >= 0.3 is 0 Å². The first-order chi connectivity index (χ1) is 9.79. The van der Waals surface area contributed by atoms with E-state index in [4.69, 9.17) is 0 Å². The molecule has 2 heterocycles. The van der Waals surface area contributed by atoms with Gasteiger partial charge in [0.05, 0.1) is 17.3 Å². The van der Waals surface area contributed by atoms with Crippen LogP contribution in [0.2, 0.25) is 0 Å². The van der Waals surface area contributed by atoms with Gasteiger partial charge in [-0.1, -0.05) is 25.1 Å². The van der Waals surface area contributed by atoms with E-state index < -0.39 is 0 Å². The van der Waals surface area contributed by atoms with E-state index in [-0.39, 0.29) is 0 Å². The van der Waals surface area contributed by atoms with Crippen molar-refractivity contribution >= 4 is 16.9 Å². The highest BCUT2D eigenvalue weighted by Gasteiger charge is 2.12. The van der Waals surface area contributed by atoms with Crippen LogP contribution in [0.5, 0.6) is 0 Å². The first kappa shape index (κ1) is 12.5. The van der Waals surface area contributed by atoms with E-state index in [2.05, 4.69) is 39.7 Å². The third-order valence-electron chi connectivity index (χ3n) is 3.28. The van der Waals surface area contributed by atoms with Crippen molar-refractivity contribution < 1.29 is 0 Å².